The van der Waals surface area contributed by atoms with Crippen molar-refractivity contribution in [1.29, 1.82) is 0 Å². The minimum atomic E-state index is -0.160. The van der Waals surface area contributed by atoms with Crippen molar-refractivity contribution in [3.63, 3.8) is 0 Å². The molecule has 3 heteroatoms. The highest BCUT2D eigenvalue weighted by molar-refractivity contribution is 5.36. The van der Waals surface area contributed by atoms with Gasteiger partial charge in [0.15, 0.2) is 0 Å². The molecule has 0 bridgehead atoms. The van der Waals surface area contributed by atoms with Crippen LogP contribution in [-0.4, -0.2) is 49.5 Å². The summed E-state index contributed by atoms with van der Waals surface area (Å²) in [5.74, 6) is 0.325. The van der Waals surface area contributed by atoms with Crippen molar-refractivity contribution in [3.05, 3.63) is 35.4 Å². The SMILES string of the molecule is CC1c2ccccc2CC1O.CN1CC2(COC2)C1. The first kappa shape index (κ1) is 13.1. The molecule has 2 atom stereocenters. The molecular weight excluding hydrogens is 238 g/mol. The van der Waals surface area contributed by atoms with Crippen LogP contribution >= 0.6 is 0 Å². The molecule has 0 saturated carbocycles. The molecule has 0 radical (unpaired) electrons. The zero-order valence-corrected chi connectivity index (χ0v) is 11.8. The van der Waals surface area contributed by atoms with E-state index in [9.17, 15) is 5.11 Å². The highest BCUT2D eigenvalue weighted by Crippen LogP contribution is 2.36. The van der Waals surface area contributed by atoms with Crippen LogP contribution < -0.4 is 0 Å². The predicted octanol–water partition coefficient (Wildman–Crippen LogP) is 1.66. The predicted molar refractivity (Wildman–Crippen MR) is 75.3 cm³/mol. The number of benzene rings is 1. The fraction of sp³-hybridized carbons (Fsp3) is 0.625. The van der Waals surface area contributed by atoms with E-state index in [4.69, 9.17) is 4.74 Å². The highest BCUT2D eigenvalue weighted by atomic mass is 16.5. The van der Waals surface area contributed by atoms with Crippen molar-refractivity contribution in [2.24, 2.45) is 5.41 Å². The van der Waals surface area contributed by atoms with E-state index >= 15 is 0 Å². The lowest BCUT2D eigenvalue weighted by Gasteiger charge is -2.53. The zero-order chi connectivity index (χ0) is 13.5. The average molecular weight is 261 g/mol. The Morgan fingerprint density at radius 3 is 2.42 bits per heavy atom. The molecule has 2 saturated heterocycles. The van der Waals surface area contributed by atoms with Gasteiger partial charge in [-0.25, -0.2) is 0 Å². The van der Waals surface area contributed by atoms with Crippen molar-refractivity contribution >= 4 is 0 Å². The van der Waals surface area contributed by atoms with Crippen LogP contribution in [0.5, 0.6) is 0 Å². The molecule has 2 heterocycles. The summed E-state index contributed by atoms with van der Waals surface area (Å²) in [6, 6.07) is 8.27. The Bertz CT molecular complexity index is 448. The molecule has 0 aromatic heterocycles. The first-order valence-corrected chi connectivity index (χ1v) is 7.12. The van der Waals surface area contributed by atoms with Crippen LogP contribution in [0.3, 0.4) is 0 Å². The summed E-state index contributed by atoms with van der Waals surface area (Å²) >= 11 is 0. The second-order valence-corrected chi connectivity index (χ2v) is 6.42. The smallest absolute Gasteiger partial charge is 0.0646 e. The van der Waals surface area contributed by atoms with Gasteiger partial charge in [0.2, 0.25) is 0 Å². The fourth-order valence-electron chi connectivity index (χ4n) is 3.45. The summed E-state index contributed by atoms with van der Waals surface area (Å²) in [5.41, 5.74) is 3.25. The van der Waals surface area contributed by atoms with Gasteiger partial charge >= 0.3 is 0 Å². The molecule has 1 N–H and O–H groups in total. The normalized spacial score (nSPS) is 30.9. The van der Waals surface area contributed by atoms with Gasteiger partial charge < -0.3 is 14.7 Å². The van der Waals surface area contributed by atoms with Gasteiger partial charge in [0.05, 0.1) is 19.3 Å². The van der Waals surface area contributed by atoms with Gasteiger partial charge in [-0.15, -0.1) is 0 Å². The summed E-state index contributed by atoms with van der Waals surface area (Å²) in [6.45, 7) is 6.62. The second-order valence-electron chi connectivity index (χ2n) is 6.42. The molecule has 1 aliphatic carbocycles. The van der Waals surface area contributed by atoms with Crippen molar-refractivity contribution in [2.45, 2.75) is 25.4 Å². The first-order valence-electron chi connectivity index (χ1n) is 7.12. The molecule has 2 aliphatic heterocycles. The summed E-state index contributed by atoms with van der Waals surface area (Å²) in [4.78, 5) is 2.34. The molecule has 1 aromatic rings. The molecule has 2 unspecified atom stereocenters. The number of aliphatic hydroxyl groups excluding tert-OH is 1. The van der Waals surface area contributed by atoms with Crippen LogP contribution in [0.15, 0.2) is 24.3 Å². The molecule has 4 rings (SSSR count). The van der Waals surface area contributed by atoms with Crippen LogP contribution in [0.2, 0.25) is 0 Å². The van der Waals surface area contributed by atoms with E-state index in [-0.39, 0.29) is 6.10 Å². The molecule has 3 nitrogen and oxygen atoms in total. The minimum absolute atomic E-state index is 0.160. The lowest BCUT2D eigenvalue weighted by Crippen LogP contribution is -2.64. The van der Waals surface area contributed by atoms with Crippen molar-refractivity contribution in [3.8, 4) is 0 Å². The molecule has 3 aliphatic rings. The van der Waals surface area contributed by atoms with Crippen LogP contribution in [0.25, 0.3) is 0 Å². The number of hydrogen-bond donors (Lipinski definition) is 1. The van der Waals surface area contributed by atoms with Crippen molar-refractivity contribution in [1.82, 2.24) is 4.90 Å². The van der Waals surface area contributed by atoms with Crippen LogP contribution in [0, 0.1) is 5.41 Å². The third-order valence-corrected chi connectivity index (χ3v) is 4.58. The number of likely N-dealkylation sites (tertiary alicyclic amines) is 1. The lowest BCUT2D eigenvalue weighted by atomic mass is 9.79. The Morgan fingerprint density at radius 1 is 1.26 bits per heavy atom. The standard InChI is InChI=1S/C10H12O.C6H11NO/c1-7-9-5-3-2-4-8(9)6-10(7)11;1-7-2-6(3-7)4-8-5-6/h2-5,7,10-11H,6H2,1H3;2-5H2,1H3. The Balaban J connectivity index is 0.000000122. The summed E-state index contributed by atoms with van der Waals surface area (Å²) in [5, 5.41) is 9.52. The zero-order valence-electron chi connectivity index (χ0n) is 11.8. The molecule has 0 amide bonds. The lowest BCUT2D eigenvalue weighted by molar-refractivity contribution is -0.182. The van der Waals surface area contributed by atoms with Crippen LogP contribution in [-0.2, 0) is 11.2 Å². The second kappa shape index (κ2) is 4.89. The molecule has 1 aromatic carbocycles. The van der Waals surface area contributed by atoms with Gasteiger partial charge in [-0.05, 0) is 24.6 Å². The Labute approximate surface area is 115 Å². The Morgan fingerprint density at radius 2 is 1.95 bits per heavy atom. The van der Waals surface area contributed by atoms with Gasteiger partial charge in [-0.1, -0.05) is 31.2 Å². The third kappa shape index (κ3) is 2.42. The summed E-state index contributed by atoms with van der Waals surface area (Å²) in [7, 11) is 2.16. The molecule has 19 heavy (non-hydrogen) atoms. The summed E-state index contributed by atoms with van der Waals surface area (Å²) in [6.07, 6.45) is 0.671. The van der Waals surface area contributed by atoms with E-state index in [0.717, 1.165) is 19.6 Å². The van der Waals surface area contributed by atoms with E-state index in [1.165, 1.54) is 24.2 Å². The van der Waals surface area contributed by atoms with Gasteiger partial charge in [-0.2, -0.15) is 0 Å². The molecule has 1 spiro atoms. The van der Waals surface area contributed by atoms with Crippen molar-refractivity contribution < 1.29 is 9.84 Å². The molecule has 2 fully saturated rings. The van der Waals surface area contributed by atoms with Gasteiger partial charge in [-0.3, -0.25) is 0 Å². The maximum Gasteiger partial charge on any atom is 0.0646 e. The minimum Gasteiger partial charge on any atom is -0.392 e. The molecule has 104 valence electrons. The third-order valence-electron chi connectivity index (χ3n) is 4.58. The van der Waals surface area contributed by atoms with Crippen LogP contribution in [0.4, 0.5) is 0 Å². The number of ether oxygens (including phenoxy) is 1. The van der Waals surface area contributed by atoms with Crippen molar-refractivity contribution in [2.75, 3.05) is 33.4 Å². The van der Waals surface area contributed by atoms with E-state index in [1.807, 2.05) is 12.1 Å². The first-order chi connectivity index (χ1) is 9.10. The number of fused-ring (bicyclic) bond motifs is 1. The maximum atomic E-state index is 9.52. The number of hydrogen-bond acceptors (Lipinski definition) is 3. The largest absolute Gasteiger partial charge is 0.392 e. The van der Waals surface area contributed by atoms with Gasteiger partial charge in [0.1, 0.15) is 0 Å². The Kier molecular flexibility index (Phi) is 3.37. The van der Waals surface area contributed by atoms with E-state index in [0.29, 0.717) is 11.3 Å². The topological polar surface area (TPSA) is 32.7 Å². The number of rotatable bonds is 0. The highest BCUT2D eigenvalue weighted by Gasteiger charge is 2.47. The fourth-order valence-corrected chi connectivity index (χ4v) is 3.45. The monoisotopic (exact) mass is 261 g/mol. The van der Waals surface area contributed by atoms with E-state index in [2.05, 4.69) is 31.0 Å². The van der Waals surface area contributed by atoms with Crippen LogP contribution in [0.1, 0.15) is 24.0 Å². The number of nitrogens with zero attached hydrogens (tertiary/aromatic N) is 1. The average Bonchev–Trinajstić information content (AvgIpc) is 2.60. The van der Waals surface area contributed by atoms with Gasteiger partial charge in [0, 0.05) is 24.4 Å². The number of aliphatic hydroxyl groups is 1. The maximum absolute atomic E-state index is 9.52. The molecular formula is C16H23NO2. The summed E-state index contributed by atoms with van der Waals surface area (Å²) < 4.78 is 5.10. The van der Waals surface area contributed by atoms with Gasteiger partial charge in [0.25, 0.3) is 0 Å². The van der Waals surface area contributed by atoms with E-state index < -0.39 is 0 Å². The van der Waals surface area contributed by atoms with E-state index in [1.54, 1.807) is 0 Å². The quantitative estimate of drug-likeness (QED) is 0.771. The Hall–Kier alpha value is -0.900.